The predicted molar refractivity (Wildman–Crippen MR) is 164 cm³/mol. The lowest BCUT2D eigenvalue weighted by molar-refractivity contribution is -0.0675. The van der Waals surface area contributed by atoms with Gasteiger partial charge < -0.3 is 32.8 Å². The first-order chi connectivity index (χ1) is 20.6. The molecular formula is C32H35N5O4S. The Labute approximate surface area is 249 Å². The summed E-state index contributed by atoms with van der Waals surface area (Å²) in [5, 5.41) is 1.22. The van der Waals surface area contributed by atoms with Crippen LogP contribution in [0.2, 0.25) is 0 Å². The van der Waals surface area contributed by atoms with E-state index in [9.17, 15) is 0 Å². The number of nitrogens with zero attached hydrogens (tertiary/aromatic N) is 5. The van der Waals surface area contributed by atoms with E-state index < -0.39 is 0 Å². The Hall–Kier alpha value is -3.86. The molecule has 1 atom stereocenters. The van der Waals surface area contributed by atoms with Gasteiger partial charge in [-0.25, -0.2) is 9.97 Å². The van der Waals surface area contributed by atoms with Gasteiger partial charge in [-0.3, -0.25) is 0 Å². The minimum Gasteiger partial charge on any atom is -0.496 e. The standard InChI is InChI=1S/C32H35N5O4S/c1-21-8-13-35-14-11-33-30(35)28(21)36-18-25-22(2)29(31-34-12-17-40-31)42-32(25)37(20-36)19-27(41-23-9-15-39-16-10-23)24-6-4-5-7-26(24)38-3/h4-8,11-14,17,23,27H,9-10,15-16,18-20H2,1-3H3. The van der Waals surface area contributed by atoms with E-state index in [4.69, 9.17) is 23.6 Å². The molecule has 10 heteroatoms. The lowest BCUT2D eigenvalue weighted by Crippen LogP contribution is -2.45. The summed E-state index contributed by atoms with van der Waals surface area (Å²) < 4.78 is 26.2. The number of hydrogen-bond donors (Lipinski definition) is 0. The largest absolute Gasteiger partial charge is 0.496 e. The molecule has 1 aromatic carbocycles. The third kappa shape index (κ3) is 4.93. The number of para-hydroxylation sites is 1. The highest BCUT2D eigenvalue weighted by atomic mass is 32.1. The molecule has 1 saturated heterocycles. The summed E-state index contributed by atoms with van der Waals surface area (Å²) in [5.41, 5.74) is 6.81. The molecule has 0 aliphatic carbocycles. The second-order valence-corrected chi connectivity index (χ2v) is 11.9. The number of hydrogen-bond acceptors (Lipinski definition) is 9. The van der Waals surface area contributed by atoms with Gasteiger partial charge in [0.2, 0.25) is 5.89 Å². The zero-order chi connectivity index (χ0) is 28.6. The SMILES string of the molecule is COc1ccccc1C(CN1CN(c2c(C)ccn3ccnc23)Cc2c1sc(-c1ncco1)c2C)OC1CCOCC1. The van der Waals surface area contributed by atoms with Crippen LogP contribution in [0.4, 0.5) is 10.7 Å². The summed E-state index contributed by atoms with van der Waals surface area (Å²) >= 11 is 1.74. The van der Waals surface area contributed by atoms with Crippen molar-refractivity contribution in [1.29, 1.82) is 0 Å². The fraction of sp³-hybridized carbons (Fsp3) is 0.375. The first-order valence-electron chi connectivity index (χ1n) is 14.4. The second kappa shape index (κ2) is 11.4. The van der Waals surface area contributed by atoms with Gasteiger partial charge in [0, 0.05) is 49.5 Å². The molecule has 1 unspecified atom stereocenters. The predicted octanol–water partition coefficient (Wildman–Crippen LogP) is 6.40. The average molecular weight is 586 g/mol. The summed E-state index contributed by atoms with van der Waals surface area (Å²) in [6, 6.07) is 10.4. The van der Waals surface area contributed by atoms with Crippen LogP contribution in [-0.4, -0.2) is 54.0 Å². The van der Waals surface area contributed by atoms with E-state index in [-0.39, 0.29) is 12.2 Å². The Morgan fingerprint density at radius 3 is 2.74 bits per heavy atom. The van der Waals surface area contributed by atoms with Crippen molar-refractivity contribution in [3.05, 3.63) is 83.6 Å². The van der Waals surface area contributed by atoms with Crippen LogP contribution in [0.5, 0.6) is 5.75 Å². The molecule has 7 rings (SSSR count). The van der Waals surface area contributed by atoms with Gasteiger partial charge in [0.05, 0.1) is 48.2 Å². The van der Waals surface area contributed by atoms with Gasteiger partial charge >= 0.3 is 0 Å². The smallest absolute Gasteiger partial charge is 0.236 e. The van der Waals surface area contributed by atoms with E-state index in [1.54, 1.807) is 30.9 Å². The molecule has 2 aliphatic rings. The monoisotopic (exact) mass is 585 g/mol. The van der Waals surface area contributed by atoms with Crippen LogP contribution in [0.15, 0.2) is 65.8 Å². The van der Waals surface area contributed by atoms with Crippen LogP contribution < -0.4 is 14.5 Å². The van der Waals surface area contributed by atoms with E-state index >= 15 is 0 Å². The molecule has 5 aromatic rings. The third-order valence-corrected chi connectivity index (χ3v) is 9.69. The molecule has 218 valence electrons. The van der Waals surface area contributed by atoms with Gasteiger partial charge in [-0.1, -0.05) is 18.2 Å². The number of pyridine rings is 1. The number of benzene rings is 1. The van der Waals surface area contributed by atoms with Crippen LogP contribution in [0.1, 0.15) is 41.2 Å². The molecule has 0 bridgehead atoms. The Kier molecular flexibility index (Phi) is 7.35. The van der Waals surface area contributed by atoms with Crippen LogP contribution in [-0.2, 0) is 16.0 Å². The van der Waals surface area contributed by atoms with Crippen LogP contribution in [0.3, 0.4) is 0 Å². The molecule has 4 aromatic heterocycles. The fourth-order valence-corrected chi connectivity index (χ4v) is 7.42. The lowest BCUT2D eigenvalue weighted by atomic mass is 10.0. The summed E-state index contributed by atoms with van der Waals surface area (Å²) in [6.07, 6.45) is 11.0. The Bertz CT molecular complexity index is 1670. The molecule has 0 saturated carbocycles. The summed E-state index contributed by atoms with van der Waals surface area (Å²) in [4.78, 5) is 15.2. The van der Waals surface area contributed by atoms with Crippen molar-refractivity contribution in [1.82, 2.24) is 14.4 Å². The van der Waals surface area contributed by atoms with Crippen molar-refractivity contribution < 1.29 is 18.6 Å². The molecule has 0 spiro atoms. The number of anilines is 2. The minimum absolute atomic E-state index is 0.128. The number of imidazole rings is 1. The van der Waals surface area contributed by atoms with Gasteiger partial charge in [-0.15, -0.1) is 11.3 Å². The molecule has 1 fully saturated rings. The van der Waals surface area contributed by atoms with Crippen molar-refractivity contribution in [3.63, 3.8) is 0 Å². The molecule has 6 heterocycles. The Balaban J connectivity index is 1.32. The fourth-order valence-electron chi connectivity index (χ4n) is 6.16. The highest BCUT2D eigenvalue weighted by Gasteiger charge is 2.34. The number of thiophene rings is 1. The van der Waals surface area contributed by atoms with Gasteiger partial charge in [0.25, 0.3) is 0 Å². The lowest BCUT2D eigenvalue weighted by Gasteiger charge is -2.41. The van der Waals surface area contributed by atoms with Gasteiger partial charge in [0.1, 0.15) is 18.1 Å². The maximum atomic E-state index is 6.91. The van der Waals surface area contributed by atoms with Crippen molar-refractivity contribution >= 4 is 27.7 Å². The van der Waals surface area contributed by atoms with Gasteiger partial charge in [-0.05, 0) is 49.9 Å². The number of rotatable bonds is 8. The number of aryl methyl sites for hydroxylation is 1. The van der Waals surface area contributed by atoms with Crippen molar-refractivity contribution in [2.24, 2.45) is 0 Å². The quantitative estimate of drug-likeness (QED) is 0.207. The van der Waals surface area contributed by atoms with E-state index in [1.165, 1.54) is 21.7 Å². The maximum absolute atomic E-state index is 6.91. The highest BCUT2D eigenvalue weighted by Crippen LogP contribution is 2.46. The second-order valence-electron chi connectivity index (χ2n) is 10.9. The van der Waals surface area contributed by atoms with Gasteiger partial charge in [0.15, 0.2) is 5.65 Å². The van der Waals surface area contributed by atoms with Crippen molar-refractivity contribution in [2.75, 3.05) is 43.3 Å². The van der Waals surface area contributed by atoms with Crippen molar-refractivity contribution in [3.8, 4) is 16.5 Å². The molecule has 0 radical (unpaired) electrons. The number of fused-ring (bicyclic) bond motifs is 2. The number of methoxy groups -OCH3 is 1. The summed E-state index contributed by atoms with van der Waals surface area (Å²) in [5.74, 6) is 1.49. The number of oxazole rings is 1. The topological polar surface area (TPSA) is 77.5 Å². The molecule has 9 nitrogen and oxygen atoms in total. The minimum atomic E-state index is -0.201. The zero-order valence-electron chi connectivity index (χ0n) is 24.2. The van der Waals surface area contributed by atoms with Crippen molar-refractivity contribution in [2.45, 2.75) is 45.4 Å². The number of aromatic nitrogens is 3. The molecule has 0 N–H and O–H groups in total. The number of ether oxygens (including phenoxy) is 3. The molecule has 42 heavy (non-hydrogen) atoms. The Morgan fingerprint density at radius 2 is 1.93 bits per heavy atom. The third-order valence-electron chi connectivity index (χ3n) is 8.31. The first-order valence-corrected chi connectivity index (χ1v) is 15.2. The first kappa shape index (κ1) is 27.0. The summed E-state index contributed by atoms with van der Waals surface area (Å²) in [7, 11) is 1.73. The average Bonchev–Trinajstić information content (AvgIpc) is 3.78. The molecule has 0 amide bonds. The van der Waals surface area contributed by atoms with Crippen LogP contribution >= 0.6 is 11.3 Å². The molecular weight excluding hydrogens is 550 g/mol. The molecule has 2 aliphatic heterocycles. The normalized spacial score (nSPS) is 16.6. The van der Waals surface area contributed by atoms with Crippen LogP contribution in [0, 0.1) is 13.8 Å². The van der Waals surface area contributed by atoms with Gasteiger partial charge in [-0.2, -0.15) is 0 Å². The maximum Gasteiger partial charge on any atom is 0.236 e. The summed E-state index contributed by atoms with van der Waals surface area (Å²) in [6.45, 7) is 7.90. The van der Waals surface area contributed by atoms with E-state index in [0.29, 0.717) is 19.1 Å². The highest BCUT2D eigenvalue weighted by molar-refractivity contribution is 7.19. The zero-order valence-corrected chi connectivity index (χ0v) is 25.0. The Morgan fingerprint density at radius 1 is 1.07 bits per heavy atom. The van der Waals surface area contributed by atoms with Crippen LogP contribution in [0.25, 0.3) is 16.4 Å². The van der Waals surface area contributed by atoms with E-state index in [2.05, 4.69) is 57.4 Å². The van der Waals surface area contributed by atoms with E-state index in [1.807, 2.05) is 24.5 Å². The van der Waals surface area contributed by atoms with E-state index in [0.717, 1.165) is 60.1 Å².